The number of fused-ring (bicyclic) bond motifs is 2. The van der Waals surface area contributed by atoms with Gasteiger partial charge in [-0.3, -0.25) is 4.98 Å². The number of rotatable bonds is 1. The fraction of sp³-hybridized carbons (Fsp3) is 0.125. The lowest BCUT2D eigenvalue weighted by Crippen LogP contribution is -1.92. The second-order valence-corrected chi connectivity index (χ2v) is 4.79. The molecule has 0 N–H and O–H groups in total. The Morgan fingerprint density at radius 3 is 2.75 bits per heavy atom. The van der Waals surface area contributed by atoms with E-state index in [1.54, 1.807) is 6.20 Å². The van der Waals surface area contributed by atoms with Gasteiger partial charge in [0.2, 0.25) is 6.79 Å². The van der Waals surface area contributed by atoms with E-state index in [4.69, 9.17) is 14.5 Å². The lowest BCUT2D eigenvalue weighted by Gasteiger charge is -2.07. The number of aryl methyl sites for hydroxylation is 1. The van der Waals surface area contributed by atoms with E-state index >= 15 is 0 Å². The van der Waals surface area contributed by atoms with Gasteiger partial charge in [0.15, 0.2) is 11.5 Å². The molecule has 1 aliphatic heterocycles. The Bertz CT molecular complexity index is 800. The van der Waals surface area contributed by atoms with Crippen molar-refractivity contribution in [2.75, 3.05) is 6.79 Å². The zero-order valence-corrected chi connectivity index (χ0v) is 11.0. The van der Waals surface area contributed by atoms with Gasteiger partial charge in [-0.25, -0.2) is 4.98 Å². The van der Waals surface area contributed by atoms with E-state index in [1.165, 1.54) is 0 Å². The topological polar surface area (TPSA) is 44.2 Å². The zero-order valence-electron chi connectivity index (χ0n) is 11.0. The molecule has 1 aromatic carbocycles. The molecule has 20 heavy (non-hydrogen) atoms. The number of benzene rings is 1. The van der Waals surface area contributed by atoms with Gasteiger partial charge >= 0.3 is 0 Å². The number of ether oxygens (including phenoxy) is 2. The fourth-order valence-electron chi connectivity index (χ4n) is 2.45. The molecule has 0 fully saturated rings. The molecule has 1 aliphatic rings. The van der Waals surface area contributed by atoms with Crippen molar-refractivity contribution in [3.05, 3.63) is 48.3 Å². The van der Waals surface area contributed by atoms with E-state index in [0.29, 0.717) is 0 Å². The Balaban J connectivity index is 1.96. The summed E-state index contributed by atoms with van der Waals surface area (Å²) in [5, 5.41) is 1.09. The lowest BCUT2D eigenvalue weighted by molar-refractivity contribution is 0.174. The highest BCUT2D eigenvalue weighted by molar-refractivity contribution is 5.88. The summed E-state index contributed by atoms with van der Waals surface area (Å²) < 4.78 is 10.8. The van der Waals surface area contributed by atoms with Crippen molar-refractivity contribution in [1.82, 2.24) is 9.97 Å². The molecule has 0 radical (unpaired) electrons. The van der Waals surface area contributed by atoms with Gasteiger partial charge in [0.05, 0.1) is 11.2 Å². The number of nitrogens with zero attached hydrogens (tertiary/aromatic N) is 2. The van der Waals surface area contributed by atoms with Gasteiger partial charge in [0, 0.05) is 29.4 Å². The summed E-state index contributed by atoms with van der Waals surface area (Å²) in [5.74, 6) is 1.55. The normalized spacial score (nSPS) is 12.8. The Hall–Kier alpha value is -2.62. The molecule has 0 aliphatic carbocycles. The molecule has 0 saturated carbocycles. The van der Waals surface area contributed by atoms with E-state index in [-0.39, 0.29) is 6.79 Å². The van der Waals surface area contributed by atoms with Crippen LogP contribution in [0.2, 0.25) is 0 Å². The molecule has 0 amide bonds. The maximum absolute atomic E-state index is 5.42. The molecule has 0 unspecified atom stereocenters. The molecular weight excluding hydrogens is 252 g/mol. The van der Waals surface area contributed by atoms with E-state index in [2.05, 4.69) is 18.0 Å². The highest BCUT2D eigenvalue weighted by Crippen LogP contribution is 2.37. The number of hydrogen-bond donors (Lipinski definition) is 0. The van der Waals surface area contributed by atoms with E-state index < -0.39 is 0 Å². The Labute approximate surface area is 116 Å². The second-order valence-electron chi connectivity index (χ2n) is 4.79. The fourth-order valence-corrected chi connectivity index (χ4v) is 2.45. The van der Waals surface area contributed by atoms with Crippen LogP contribution in [0.4, 0.5) is 0 Å². The van der Waals surface area contributed by atoms with Gasteiger partial charge < -0.3 is 9.47 Å². The summed E-state index contributed by atoms with van der Waals surface area (Å²) >= 11 is 0. The van der Waals surface area contributed by atoms with E-state index in [9.17, 15) is 0 Å². The Morgan fingerprint density at radius 1 is 1.10 bits per heavy atom. The molecule has 0 spiro atoms. The van der Waals surface area contributed by atoms with Crippen LogP contribution < -0.4 is 9.47 Å². The van der Waals surface area contributed by atoms with Crippen LogP contribution in [-0.4, -0.2) is 16.8 Å². The molecule has 4 heteroatoms. The smallest absolute Gasteiger partial charge is 0.231 e. The van der Waals surface area contributed by atoms with Gasteiger partial charge in [0.25, 0.3) is 0 Å². The minimum atomic E-state index is 0.278. The van der Waals surface area contributed by atoms with E-state index in [0.717, 1.165) is 39.2 Å². The molecule has 0 saturated heterocycles. The van der Waals surface area contributed by atoms with Crippen LogP contribution in [0.3, 0.4) is 0 Å². The van der Waals surface area contributed by atoms with Crippen molar-refractivity contribution in [3.8, 4) is 22.8 Å². The van der Waals surface area contributed by atoms with Crippen LogP contribution in [-0.2, 0) is 0 Å². The first-order valence-electron chi connectivity index (χ1n) is 6.43. The summed E-state index contributed by atoms with van der Waals surface area (Å²) in [6.45, 7) is 2.35. The molecular formula is C16H12N2O2. The third-order valence-electron chi connectivity index (χ3n) is 3.47. The molecule has 0 atom stereocenters. The van der Waals surface area contributed by atoms with Crippen molar-refractivity contribution in [2.45, 2.75) is 6.92 Å². The van der Waals surface area contributed by atoms with Crippen molar-refractivity contribution < 1.29 is 9.47 Å². The zero-order chi connectivity index (χ0) is 13.5. The van der Waals surface area contributed by atoms with Crippen LogP contribution in [0.1, 0.15) is 5.56 Å². The monoisotopic (exact) mass is 264 g/mol. The average Bonchev–Trinajstić information content (AvgIpc) is 2.93. The maximum Gasteiger partial charge on any atom is 0.231 e. The van der Waals surface area contributed by atoms with Crippen molar-refractivity contribution in [3.63, 3.8) is 0 Å². The van der Waals surface area contributed by atoms with Crippen LogP contribution in [0, 0.1) is 6.92 Å². The molecule has 3 aromatic rings. The summed E-state index contributed by atoms with van der Waals surface area (Å²) in [4.78, 5) is 8.85. The first-order chi connectivity index (χ1) is 9.81. The highest BCUT2D eigenvalue weighted by Gasteiger charge is 2.16. The average molecular weight is 264 g/mol. The third-order valence-corrected chi connectivity index (χ3v) is 3.47. The van der Waals surface area contributed by atoms with Gasteiger partial charge in [-0.05, 0) is 36.8 Å². The van der Waals surface area contributed by atoms with Gasteiger partial charge in [0.1, 0.15) is 0 Å². The van der Waals surface area contributed by atoms with Gasteiger partial charge in [-0.1, -0.05) is 0 Å². The van der Waals surface area contributed by atoms with E-state index in [1.807, 2.05) is 30.5 Å². The standard InChI is InChI=1S/C16H12N2O2/c1-10-5-13(11-3-2-4-17-8-11)18-14-7-16-15(6-12(10)14)19-9-20-16/h2-8H,9H2,1H3. The van der Waals surface area contributed by atoms with Crippen molar-refractivity contribution in [1.29, 1.82) is 0 Å². The molecule has 2 aromatic heterocycles. The Morgan fingerprint density at radius 2 is 1.95 bits per heavy atom. The van der Waals surface area contributed by atoms with Crippen LogP contribution in [0.15, 0.2) is 42.7 Å². The van der Waals surface area contributed by atoms with Crippen LogP contribution in [0.25, 0.3) is 22.2 Å². The molecule has 4 nitrogen and oxygen atoms in total. The highest BCUT2D eigenvalue weighted by atomic mass is 16.7. The van der Waals surface area contributed by atoms with Crippen LogP contribution >= 0.6 is 0 Å². The summed E-state index contributed by atoms with van der Waals surface area (Å²) in [6.07, 6.45) is 3.58. The minimum absolute atomic E-state index is 0.278. The molecule has 0 bridgehead atoms. The number of pyridine rings is 2. The first kappa shape index (κ1) is 11.2. The molecule has 4 rings (SSSR count). The maximum atomic E-state index is 5.42. The Kier molecular flexibility index (Phi) is 2.36. The summed E-state index contributed by atoms with van der Waals surface area (Å²) in [5.41, 5.74) is 4.00. The minimum Gasteiger partial charge on any atom is -0.454 e. The summed E-state index contributed by atoms with van der Waals surface area (Å²) in [7, 11) is 0. The molecule has 3 heterocycles. The number of aromatic nitrogens is 2. The second kappa shape index (κ2) is 4.20. The first-order valence-corrected chi connectivity index (χ1v) is 6.43. The SMILES string of the molecule is Cc1cc(-c2cccnc2)nc2cc3c(cc12)OCO3. The van der Waals surface area contributed by atoms with Gasteiger partial charge in [-0.2, -0.15) is 0 Å². The predicted molar refractivity (Wildman–Crippen MR) is 75.8 cm³/mol. The van der Waals surface area contributed by atoms with Gasteiger partial charge in [-0.15, -0.1) is 0 Å². The predicted octanol–water partition coefficient (Wildman–Crippen LogP) is 3.33. The van der Waals surface area contributed by atoms with Crippen LogP contribution in [0.5, 0.6) is 11.5 Å². The molecule has 98 valence electrons. The van der Waals surface area contributed by atoms with Crippen molar-refractivity contribution >= 4 is 10.9 Å². The third kappa shape index (κ3) is 1.69. The summed E-state index contributed by atoms with van der Waals surface area (Å²) in [6, 6.07) is 9.92. The largest absolute Gasteiger partial charge is 0.454 e. The van der Waals surface area contributed by atoms with Crippen molar-refractivity contribution in [2.24, 2.45) is 0 Å². The quantitative estimate of drug-likeness (QED) is 0.676. The lowest BCUT2D eigenvalue weighted by atomic mass is 10.1. The number of hydrogen-bond acceptors (Lipinski definition) is 4.